The van der Waals surface area contributed by atoms with Crippen molar-refractivity contribution in [1.29, 1.82) is 0 Å². The van der Waals surface area contributed by atoms with Crippen LogP contribution in [0.3, 0.4) is 0 Å². The van der Waals surface area contributed by atoms with Gasteiger partial charge in [-0.3, -0.25) is 9.59 Å². The minimum absolute atomic E-state index is 0.0182. The molecule has 2 atom stereocenters. The number of hydrogen-bond donors (Lipinski definition) is 2. The highest BCUT2D eigenvalue weighted by atomic mass is 127. The van der Waals surface area contributed by atoms with Gasteiger partial charge in [-0.05, 0) is 100 Å². The molecule has 2 unspecified atom stereocenters. The lowest BCUT2D eigenvalue weighted by Gasteiger charge is -2.29. The van der Waals surface area contributed by atoms with Crippen LogP contribution in [0, 0.1) is 0 Å². The summed E-state index contributed by atoms with van der Waals surface area (Å²) in [5, 5.41) is 5.98. The SMILES string of the molecule is CC(C)n1cc(-c2cccc(C(c3ccccc3)C(NC(=O)OC3CC3)C(=O)NC3=CC=C(I)CC3)c2)ccc1=O. The molecular formula is C33H34IN3O4. The van der Waals surface area contributed by atoms with Gasteiger partial charge in [0.25, 0.3) is 5.56 Å². The van der Waals surface area contributed by atoms with E-state index in [9.17, 15) is 14.4 Å². The van der Waals surface area contributed by atoms with Crippen molar-refractivity contribution < 1.29 is 14.3 Å². The zero-order valence-corrected chi connectivity index (χ0v) is 25.3. The fourth-order valence-corrected chi connectivity index (χ4v) is 5.43. The second-order valence-corrected chi connectivity index (χ2v) is 12.2. The van der Waals surface area contributed by atoms with Crippen LogP contribution in [0.5, 0.6) is 0 Å². The number of aromatic nitrogens is 1. The number of pyridine rings is 1. The number of halogens is 1. The van der Waals surface area contributed by atoms with Gasteiger partial charge in [-0.15, -0.1) is 0 Å². The highest BCUT2D eigenvalue weighted by Gasteiger charge is 2.35. The highest BCUT2D eigenvalue weighted by Crippen LogP contribution is 2.33. The van der Waals surface area contributed by atoms with E-state index in [1.165, 1.54) is 3.58 Å². The average molecular weight is 664 g/mol. The number of alkyl carbamates (subject to hydrolysis) is 1. The van der Waals surface area contributed by atoms with Crippen LogP contribution in [0.4, 0.5) is 4.79 Å². The molecule has 0 spiro atoms. The lowest BCUT2D eigenvalue weighted by Crippen LogP contribution is -2.50. The third kappa shape index (κ3) is 7.35. The van der Waals surface area contributed by atoms with Crippen LogP contribution < -0.4 is 16.2 Å². The van der Waals surface area contributed by atoms with Crippen molar-refractivity contribution in [3.63, 3.8) is 0 Å². The van der Waals surface area contributed by atoms with E-state index in [1.807, 2.05) is 92.9 Å². The number of allylic oxidation sites excluding steroid dienone is 4. The number of nitrogens with zero attached hydrogens (tertiary/aromatic N) is 1. The third-order valence-electron chi connectivity index (χ3n) is 7.30. The molecule has 7 nitrogen and oxygen atoms in total. The van der Waals surface area contributed by atoms with Gasteiger partial charge >= 0.3 is 6.09 Å². The first-order valence-corrected chi connectivity index (χ1v) is 15.1. The third-order valence-corrected chi connectivity index (χ3v) is 8.20. The van der Waals surface area contributed by atoms with Crippen LogP contribution in [0.2, 0.25) is 0 Å². The standard InChI is InChI=1S/C33H34IN3O4/c1-21(2)37-20-25(11-18-29(37)38)23-9-6-10-24(19-23)30(22-7-4-3-5-8-22)31(36-33(40)41-28-16-17-28)32(39)35-27-14-12-26(34)13-15-27/h3-12,14,18-21,28,30-31H,13,15-17H2,1-2H3,(H,35,39)(H,36,40). The first-order valence-electron chi connectivity index (χ1n) is 14.0. The molecule has 2 aliphatic carbocycles. The second kappa shape index (κ2) is 12.9. The average Bonchev–Trinajstić information content (AvgIpc) is 3.78. The smallest absolute Gasteiger partial charge is 0.408 e. The highest BCUT2D eigenvalue weighted by molar-refractivity contribution is 14.1. The van der Waals surface area contributed by atoms with Gasteiger partial charge in [-0.1, -0.05) is 60.7 Å². The Morgan fingerprint density at radius 2 is 1.68 bits per heavy atom. The van der Waals surface area contributed by atoms with Gasteiger partial charge in [0.15, 0.2) is 0 Å². The number of benzene rings is 2. The number of carbonyl (C=O) groups is 2. The van der Waals surface area contributed by atoms with Gasteiger partial charge in [-0.2, -0.15) is 0 Å². The van der Waals surface area contributed by atoms with Crippen molar-refractivity contribution in [1.82, 2.24) is 15.2 Å². The molecule has 1 saturated carbocycles. The minimum Gasteiger partial charge on any atom is -0.446 e. The van der Waals surface area contributed by atoms with Gasteiger partial charge in [0.1, 0.15) is 12.1 Å². The van der Waals surface area contributed by atoms with Crippen molar-refractivity contribution in [2.75, 3.05) is 0 Å². The maximum Gasteiger partial charge on any atom is 0.408 e. The fraction of sp³-hybridized carbons (Fsp3) is 0.303. The maximum atomic E-state index is 13.9. The maximum absolute atomic E-state index is 13.9. The van der Waals surface area contributed by atoms with Crippen molar-refractivity contribution in [3.8, 4) is 11.1 Å². The van der Waals surface area contributed by atoms with Crippen molar-refractivity contribution in [3.05, 3.63) is 116 Å². The summed E-state index contributed by atoms with van der Waals surface area (Å²) >= 11 is 2.30. The Morgan fingerprint density at radius 1 is 0.927 bits per heavy atom. The molecule has 2 N–H and O–H groups in total. The van der Waals surface area contributed by atoms with Gasteiger partial charge in [0.2, 0.25) is 5.91 Å². The summed E-state index contributed by atoms with van der Waals surface area (Å²) in [5.41, 5.74) is 4.30. The fourth-order valence-electron chi connectivity index (χ4n) is 4.98. The molecule has 212 valence electrons. The zero-order valence-electron chi connectivity index (χ0n) is 23.2. The molecule has 3 aromatic rings. The number of amides is 2. The van der Waals surface area contributed by atoms with Crippen LogP contribution in [0.25, 0.3) is 11.1 Å². The Morgan fingerprint density at radius 3 is 2.37 bits per heavy atom. The lowest BCUT2D eigenvalue weighted by atomic mass is 9.83. The van der Waals surface area contributed by atoms with Gasteiger partial charge in [-0.25, -0.2) is 4.79 Å². The number of ether oxygens (including phenoxy) is 1. The summed E-state index contributed by atoms with van der Waals surface area (Å²) in [7, 11) is 0. The molecular weight excluding hydrogens is 629 g/mol. The summed E-state index contributed by atoms with van der Waals surface area (Å²) < 4.78 is 8.45. The van der Waals surface area contributed by atoms with Crippen molar-refractivity contribution >= 4 is 34.6 Å². The predicted octanol–water partition coefficient (Wildman–Crippen LogP) is 6.60. The Balaban J connectivity index is 1.55. The van der Waals surface area contributed by atoms with Crippen LogP contribution in [-0.2, 0) is 9.53 Å². The Hall–Kier alpha value is -3.66. The first-order chi connectivity index (χ1) is 19.8. The van der Waals surface area contributed by atoms with E-state index in [1.54, 1.807) is 10.6 Å². The summed E-state index contributed by atoms with van der Waals surface area (Å²) in [6.45, 7) is 3.95. The molecule has 5 rings (SSSR count). The van der Waals surface area contributed by atoms with Crippen molar-refractivity contribution in [2.45, 2.75) is 63.6 Å². The van der Waals surface area contributed by atoms with E-state index >= 15 is 0 Å². The number of carbonyl (C=O) groups excluding carboxylic acids is 2. The normalized spacial score (nSPS) is 16.3. The van der Waals surface area contributed by atoms with Crippen LogP contribution in [-0.4, -0.2) is 28.7 Å². The summed E-state index contributed by atoms with van der Waals surface area (Å²) in [6.07, 6.45) is 8.35. The van der Waals surface area contributed by atoms with Crippen LogP contribution in [0.1, 0.15) is 62.6 Å². The van der Waals surface area contributed by atoms with E-state index in [2.05, 4.69) is 33.2 Å². The first kappa shape index (κ1) is 28.9. The van der Waals surface area contributed by atoms with E-state index in [4.69, 9.17) is 4.74 Å². The molecule has 41 heavy (non-hydrogen) atoms. The summed E-state index contributed by atoms with van der Waals surface area (Å²) in [6, 6.07) is 20.1. The molecule has 2 aromatic carbocycles. The molecule has 0 saturated heterocycles. The zero-order chi connectivity index (χ0) is 28.9. The number of rotatable bonds is 9. The van der Waals surface area contributed by atoms with E-state index in [-0.39, 0.29) is 23.6 Å². The molecule has 0 radical (unpaired) electrons. The summed E-state index contributed by atoms with van der Waals surface area (Å²) in [4.78, 5) is 39.3. The van der Waals surface area contributed by atoms with Crippen LogP contribution >= 0.6 is 22.6 Å². The van der Waals surface area contributed by atoms with Gasteiger partial charge < -0.3 is 19.9 Å². The Bertz CT molecular complexity index is 1540. The van der Waals surface area contributed by atoms with Gasteiger partial charge in [0.05, 0.1) is 0 Å². The van der Waals surface area contributed by atoms with Gasteiger partial charge in [0, 0.05) is 29.9 Å². The largest absolute Gasteiger partial charge is 0.446 e. The molecule has 2 amide bonds. The van der Waals surface area contributed by atoms with E-state index in [0.29, 0.717) is 0 Å². The second-order valence-electron chi connectivity index (χ2n) is 10.8. The lowest BCUT2D eigenvalue weighted by molar-refractivity contribution is -0.122. The molecule has 1 fully saturated rings. The van der Waals surface area contributed by atoms with E-state index in [0.717, 1.165) is 53.6 Å². The van der Waals surface area contributed by atoms with E-state index < -0.39 is 18.1 Å². The molecule has 1 aromatic heterocycles. The molecule has 0 bridgehead atoms. The Kier molecular flexibility index (Phi) is 9.07. The quantitative estimate of drug-likeness (QED) is 0.253. The van der Waals surface area contributed by atoms with Crippen molar-refractivity contribution in [2.24, 2.45) is 0 Å². The topological polar surface area (TPSA) is 89.4 Å². The molecule has 2 aliphatic rings. The predicted molar refractivity (Wildman–Crippen MR) is 169 cm³/mol. The van der Waals surface area contributed by atoms with Crippen LogP contribution in [0.15, 0.2) is 99.2 Å². The molecule has 0 aliphatic heterocycles. The Labute approximate surface area is 253 Å². The molecule has 1 heterocycles. The number of nitrogens with one attached hydrogen (secondary N) is 2. The minimum atomic E-state index is -0.936. The molecule has 8 heteroatoms. The number of hydrogen-bond acceptors (Lipinski definition) is 4. The summed E-state index contributed by atoms with van der Waals surface area (Å²) in [5.74, 6) is -0.805. The monoisotopic (exact) mass is 663 g/mol.